The smallest absolute Gasteiger partial charge is 0.164 e. The van der Waals surface area contributed by atoms with E-state index in [4.69, 9.17) is 14.2 Å². The molecule has 0 aliphatic heterocycles. The fourth-order valence-electron chi connectivity index (χ4n) is 1.78. The molecule has 0 aliphatic rings. The first-order valence-corrected chi connectivity index (χ1v) is 6.14. The predicted molar refractivity (Wildman–Crippen MR) is 72.9 cm³/mol. The number of ether oxygens (including phenoxy) is 3. The van der Waals surface area contributed by atoms with Gasteiger partial charge in [-0.2, -0.15) is 0 Å². The van der Waals surface area contributed by atoms with Gasteiger partial charge in [-0.05, 0) is 24.6 Å². The summed E-state index contributed by atoms with van der Waals surface area (Å²) >= 11 is 0. The van der Waals surface area contributed by atoms with Crippen molar-refractivity contribution in [1.29, 1.82) is 0 Å². The van der Waals surface area contributed by atoms with Crippen LogP contribution < -0.4 is 19.5 Å². The molecule has 0 heterocycles. The summed E-state index contributed by atoms with van der Waals surface area (Å²) in [5.41, 5.74) is 1.11. The van der Waals surface area contributed by atoms with Crippen LogP contribution >= 0.6 is 0 Å². The Morgan fingerprint density at radius 2 is 1.50 bits per heavy atom. The van der Waals surface area contributed by atoms with Crippen LogP contribution in [0.25, 0.3) is 0 Å². The molecule has 4 heteroatoms. The molecule has 18 heavy (non-hydrogen) atoms. The minimum Gasteiger partial charge on any atom is -0.496 e. The summed E-state index contributed by atoms with van der Waals surface area (Å²) in [5.74, 6) is 2.26. The highest BCUT2D eigenvalue weighted by Gasteiger charge is 2.11. The van der Waals surface area contributed by atoms with Crippen LogP contribution in [-0.2, 0) is 6.42 Å². The Morgan fingerprint density at radius 3 is 2.00 bits per heavy atom. The lowest BCUT2D eigenvalue weighted by atomic mass is 10.1. The van der Waals surface area contributed by atoms with E-state index >= 15 is 0 Å². The van der Waals surface area contributed by atoms with Gasteiger partial charge in [-0.15, -0.1) is 0 Å². The first kappa shape index (κ1) is 14.6. The Labute approximate surface area is 109 Å². The van der Waals surface area contributed by atoms with Gasteiger partial charge in [-0.1, -0.05) is 13.8 Å². The highest BCUT2D eigenvalue weighted by atomic mass is 16.5. The molecule has 1 aromatic rings. The second-order valence-corrected chi connectivity index (χ2v) is 4.38. The summed E-state index contributed by atoms with van der Waals surface area (Å²) in [7, 11) is 4.93. The SMILES string of the molecule is COc1cc(OC)c(OC)cc1CCNC(C)C. The average Bonchev–Trinajstić information content (AvgIpc) is 2.37. The molecule has 0 amide bonds. The molecule has 0 fully saturated rings. The second-order valence-electron chi connectivity index (χ2n) is 4.38. The van der Waals surface area contributed by atoms with Crippen LogP contribution in [0.4, 0.5) is 0 Å². The summed E-state index contributed by atoms with van der Waals surface area (Å²) in [6.45, 7) is 5.17. The molecule has 0 aliphatic carbocycles. The van der Waals surface area contributed by atoms with Crippen LogP contribution in [0, 0.1) is 0 Å². The van der Waals surface area contributed by atoms with Gasteiger partial charge in [0.05, 0.1) is 21.3 Å². The summed E-state index contributed by atoms with van der Waals surface area (Å²) < 4.78 is 15.9. The van der Waals surface area contributed by atoms with E-state index in [-0.39, 0.29) is 0 Å². The molecule has 0 atom stereocenters. The first-order chi connectivity index (χ1) is 8.62. The van der Waals surface area contributed by atoms with E-state index in [1.807, 2.05) is 12.1 Å². The maximum absolute atomic E-state index is 5.38. The van der Waals surface area contributed by atoms with Crippen LogP contribution in [0.5, 0.6) is 17.2 Å². The molecule has 102 valence electrons. The molecular weight excluding hydrogens is 230 g/mol. The van der Waals surface area contributed by atoms with Crippen molar-refractivity contribution in [3.8, 4) is 17.2 Å². The molecule has 4 nitrogen and oxygen atoms in total. The molecule has 0 aromatic heterocycles. The number of rotatable bonds is 7. The summed E-state index contributed by atoms with van der Waals surface area (Å²) in [6.07, 6.45) is 0.891. The van der Waals surface area contributed by atoms with Gasteiger partial charge >= 0.3 is 0 Å². The van der Waals surface area contributed by atoms with E-state index in [0.29, 0.717) is 11.8 Å². The normalized spacial score (nSPS) is 10.6. The van der Waals surface area contributed by atoms with Crippen molar-refractivity contribution in [3.05, 3.63) is 17.7 Å². The minimum atomic E-state index is 0.483. The molecule has 1 N–H and O–H groups in total. The highest BCUT2D eigenvalue weighted by molar-refractivity contribution is 5.50. The van der Waals surface area contributed by atoms with Crippen molar-refractivity contribution in [3.63, 3.8) is 0 Å². The van der Waals surface area contributed by atoms with Crippen molar-refractivity contribution in [2.24, 2.45) is 0 Å². The van der Waals surface area contributed by atoms with Crippen molar-refractivity contribution in [2.75, 3.05) is 27.9 Å². The Morgan fingerprint density at radius 1 is 0.944 bits per heavy atom. The van der Waals surface area contributed by atoms with Crippen molar-refractivity contribution in [2.45, 2.75) is 26.3 Å². The maximum Gasteiger partial charge on any atom is 0.164 e. The molecule has 0 radical (unpaired) electrons. The van der Waals surface area contributed by atoms with Crippen molar-refractivity contribution >= 4 is 0 Å². The lowest BCUT2D eigenvalue weighted by Crippen LogP contribution is -2.25. The number of hydrogen-bond donors (Lipinski definition) is 1. The van der Waals surface area contributed by atoms with Gasteiger partial charge in [0.1, 0.15) is 5.75 Å². The molecule has 1 aromatic carbocycles. The number of hydrogen-bond acceptors (Lipinski definition) is 4. The molecule has 0 saturated heterocycles. The van der Waals surface area contributed by atoms with Gasteiger partial charge in [0.2, 0.25) is 0 Å². The fraction of sp³-hybridized carbons (Fsp3) is 0.571. The standard InChI is InChI=1S/C14H23NO3/c1-10(2)15-7-6-11-8-13(17-4)14(18-5)9-12(11)16-3/h8-10,15H,6-7H2,1-5H3. The average molecular weight is 253 g/mol. The largest absolute Gasteiger partial charge is 0.496 e. The Bertz CT molecular complexity index is 378. The van der Waals surface area contributed by atoms with Crippen LogP contribution in [0.15, 0.2) is 12.1 Å². The molecule has 0 bridgehead atoms. The maximum atomic E-state index is 5.38. The second kappa shape index (κ2) is 7.11. The fourth-order valence-corrected chi connectivity index (χ4v) is 1.78. The van der Waals surface area contributed by atoms with E-state index < -0.39 is 0 Å². The Hall–Kier alpha value is -1.42. The van der Waals surface area contributed by atoms with Crippen LogP contribution in [0.3, 0.4) is 0 Å². The van der Waals surface area contributed by atoms with E-state index in [2.05, 4.69) is 19.2 Å². The molecule has 1 rings (SSSR count). The van der Waals surface area contributed by atoms with Crippen LogP contribution in [-0.4, -0.2) is 33.9 Å². The third-order valence-corrected chi connectivity index (χ3v) is 2.73. The summed E-state index contributed by atoms with van der Waals surface area (Å²) in [4.78, 5) is 0. The first-order valence-electron chi connectivity index (χ1n) is 6.14. The van der Waals surface area contributed by atoms with Crippen molar-refractivity contribution in [1.82, 2.24) is 5.32 Å². The quantitative estimate of drug-likeness (QED) is 0.809. The summed E-state index contributed by atoms with van der Waals surface area (Å²) in [5, 5.41) is 3.38. The van der Waals surface area contributed by atoms with Gasteiger partial charge in [0.15, 0.2) is 11.5 Å². The van der Waals surface area contributed by atoms with Gasteiger partial charge in [-0.25, -0.2) is 0 Å². The van der Waals surface area contributed by atoms with Crippen LogP contribution in [0.2, 0.25) is 0 Å². The molecule has 0 saturated carbocycles. The third kappa shape index (κ3) is 3.81. The topological polar surface area (TPSA) is 39.7 Å². The monoisotopic (exact) mass is 253 g/mol. The summed E-state index contributed by atoms with van der Waals surface area (Å²) in [6, 6.07) is 4.32. The number of methoxy groups -OCH3 is 3. The van der Waals surface area contributed by atoms with Gasteiger partial charge < -0.3 is 19.5 Å². The van der Waals surface area contributed by atoms with E-state index in [1.165, 1.54) is 0 Å². The van der Waals surface area contributed by atoms with Gasteiger partial charge in [-0.3, -0.25) is 0 Å². The molecule has 0 spiro atoms. The predicted octanol–water partition coefficient (Wildman–Crippen LogP) is 2.25. The van der Waals surface area contributed by atoms with Crippen molar-refractivity contribution < 1.29 is 14.2 Å². The zero-order valence-electron chi connectivity index (χ0n) is 11.9. The zero-order valence-corrected chi connectivity index (χ0v) is 11.9. The van der Waals surface area contributed by atoms with Gasteiger partial charge in [0.25, 0.3) is 0 Å². The minimum absolute atomic E-state index is 0.483. The highest BCUT2D eigenvalue weighted by Crippen LogP contribution is 2.34. The van der Waals surface area contributed by atoms with Gasteiger partial charge in [0, 0.05) is 12.1 Å². The Kier molecular flexibility index (Phi) is 5.78. The number of nitrogens with one attached hydrogen (secondary N) is 1. The Balaban J connectivity index is 2.87. The molecule has 0 unspecified atom stereocenters. The van der Waals surface area contributed by atoms with E-state index in [1.54, 1.807) is 21.3 Å². The third-order valence-electron chi connectivity index (χ3n) is 2.73. The lowest BCUT2D eigenvalue weighted by molar-refractivity contribution is 0.347. The molecular formula is C14H23NO3. The zero-order chi connectivity index (χ0) is 13.5. The number of benzene rings is 1. The van der Waals surface area contributed by atoms with Crippen LogP contribution in [0.1, 0.15) is 19.4 Å². The van der Waals surface area contributed by atoms with E-state index in [0.717, 1.165) is 30.0 Å². The van der Waals surface area contributed by atoms with E-state index in [9.17, 15) is 0 Å². The lowest BCUT2D eigenvalue weighted by Gasteiger charge is -2.15.